The van der Waals surface area contributed by atoms with Crippen molar-refractivity contribution in [2.45, 2.75) is 31.5 Å². The van der Waals surface area contributed by atoms with Crippen molar-refractivity contribution in [2.24, 2.45) is 11.8 Å². The van der Waals surface area contributed by atoms with Crippen molar-refractivity contribution in [3.63, 3.8) is 0 Å². The molecule has 0 radical (unpaired) electrons. The molecular formula is C29H30N2O5. The third-order valence-corrected chi connectivity index (χ3v) is 6.33. The lowest BCUT2D eigenvalue weighted by Crippen LogP contribution is -2.44. The molecule has 2 amide bonds. The van der Waals surface area contributed by atoms with E-state index in [9.17, 15) is 14.4 Å². The molecule has 4 atom stereocenters. The molecule has 3 aromatic carbocycles. The van der Waals surface area contributed by atoms with Crippen LogP contribution in [0.3, 0.4) is 0 Å². The molecule has 1 aliphatic rings. The summed E-state index contributed by atoms with van der Waals surface area (Å²) in [5, 5.41) is 5.80. The van der Waals surface area contributed by atoms with E-state index in [1.165, 1.54) is 7.11 Å². The first-order chi connectivity index (χ1) is 17.5. The number of alkyl carbamates (subject to hydrolysis) is 1. The molecule has 7 nitrogen and oxygen atoms in total. The van der Waals surface area contributed by atoms with Crippen LogP contribution in [0.15, 0.2) is 91.0 Å². The summed E-state index contributed by atoms with van der Waals surface area (Å²) in [6.07, 6.45) is 0.377. The van der Waals surface area contributed by atoms with Crippen molar-refractivity contribution in [1.82, 2.24) is 10.6 Å². The monoisotopic (exact) mass is 486 g/mol. The molecule has 0 unspecified atom stereocenters. The first-order valence-corrected chi connectivity index (χ1v) is 12.0. The van der Waals surface area contributed by atoms with Crippen LogP contribution in [0.25, 0.3) is 0 Å². The van der Waals surface area contributed by atoms with Crippen LogP contribution in [-0.4, -0.2) is 31.1 Å². The SMILES string of the molecule is COC(=O)[C@H](Cc1ccccc1)NC(=O)[C@@H]1C[C@@H]1[C@@H](NC(=O)OCc1ccccc1)c1ccccc1. The van der Waals surface area contributed by atoms with Crippen LogP contribution < -0.4 is 10.6 Å². The van der Waals surface area contributed by atoms with Gasteiger partial charge in [0.15, 0.2) is 0 Å². The quantitative estimate of drug-likeness (QED) is 0.419. The summed E-state index contributed by atoms with van der Waals surface area (Å²) in [6.45, 7) is 0.156. The summed E-state index contributed by atoms with van der Waals surface area (Å²) in [5.41, 5.74) is 2.70. The Morgan fingerprint density at radius 2 is 1.42 bits per heavy atom. The van der Waals surface area contributed by atoms with Gasteiger partial charge >= 0.3 is 12.1 Å². The Morgan fingerprint density at radius 3 is 2.03 bits per heavy atom. The Morgan fingerprint density at radius 1 is 0.833 bits per heavy atom. The molecule has 7 heteroatoms. The summed E-state index contributed by atoms with van der Waals surface area (Å²) in [7, 11) is 1.31. The summed E-state index contributed by atoms with van der Waals surface area (Å²) in [5.74, 6) is -1.18. The zero-order valence-corrected chi connectivity index (χ0v) is 20.1. The minimum Gasteiger partial charge on any atom is -0.467 e. The standard InChI is InChI=1S/C29H30N2O5/c1-35-28(33)25(17-20-11-5-2-6-12-20)30-27(32)24-18-23(24)26(22-15-9-4-10-16-22)31-29(34)36-19-21-13-7-3-8-14-21/h2-16,23-26H,17-19H2,1H3,(H,30,32)(H,31,34)/t23-,24+,25-,26-/m0/s1. The van der Waals surface area contributed by atoms with E-state index in [2.05, 4.69) is 10.6 Å². The van der Waals surface area contributed by atoms with Gasteiger partial charge in [0.2, 0.25) is 5.91 Å². The van der Waals surface area contributed by atoms with Gasteiger partial charge in [0.05, 0.1) is 13.2 Å². The molecule has 186 valence electrons. The summed E-state index contributed by atoms with van der Waals surface area (Å²) in [4.78, 5) is 38.1. The van der Waals surface area contributed by atoms with Gasteiger partial charge in [-0.3, -0.25) is 4.79 Å². The topological polar surface area (TPSA) is 93.7 Å². The van der Waals surface area contributed by atoms with Gasteiger partial charge in [-0.25, -0.2) is 9.59 Å². The van der Waals surface area contributed by atoms with Crippen molar-refractivity contribution in [3.05, 3.63) is 108 Å². The molecule has 0 aliphatic heterocycles. The van der Waals surface area contributed by atoms with E-state index >= 15 is 0 Å². The summed E-state index contributed by atoms with van der Waals surface area (Å²) >= 11 is 0. The molecule has 1 fully saturated rings. The van der Waals surface area contributed by atoms with Crippen LogP contribution in [0.4, 0.5) is 4.79 Å². The highest BCUT2D eigenvalue weighted by atomic mass is 16.5. The number of nitrogens with one attached hydrogen (secondary N) is 2. The first-order valence-electron chi connectivity index (χ1n) is 12.0. The number of carbonyl (C=O) groups excluding carboxylic acids is 3. The predicted molar refractivity (Wildman–Crippen MR) is 135 cm³/mol. The van der Waals surface area contributed by atoms with Crippen LogP contribution in [-0.2, 0) is 32.1 Å². The summed E-state index contributed by atoms with van der Waals surface area (Å²) in [6, 6.07) is 27.2. The van der Waals surface area contributed by atoms with Gasteiger partial charge in [-0.05, 0) is 29.0 Å². The Labute approximate surface area is 210 Å². The van der Waals surface area contributed by atoms with Gasteiger partial charge in [-0.15, -0.1) is 0 Å². The minimum absolute atomic E-state index is 0.119. The van der Waals surface area contributed by atoms with Crippen molar-refractivity contribution >= 4 is 18.0 Å². The highest BCUT2D eigenvalue weighted by Gasteiger charge is 2.49. The lowest BCUT2D eigenvalue weighted by molar-refractivity contribution is -0.145. The van der Waals surface area contributed by atoms with Gasteiger partial charge in [0, 0.05) is 12.3 Å². The molecule has 0 saturated heterocycles. The predicted octanol–water partition coefficient (Wildman–Crippen LogP) is 4.19. The van der Waals surface area contributed by atoms with E-state index in [1.54, 1.807) is 0 Å². The molecule has 3 aromatic rings. The normalized spacial score (nSPS) is 17.8. The number of rotatable bonds is 10. The van der Waals surface area contributed by atoms with E-state index in [-0.39, 0.29) is 24.3 Å². The van der Waals surface area contributed by atoms with Crippen molar-refractivity contribution in [3.8, 4) is 0 Å². The maximum absolute atomic E-state index is 13.1. The maximum Gasteiger partial charge on any atom is 0.407 e. The van der Waals surface area contributed by atoms with Crippen LogP contribution >= 0.6 is 0 Å². The van der Waals surface area contributed by atoms with Crippen LogP contribution in [0, 0.1) is 11.8 Å². The van der Waals surface area contributed by atoms with Gasteiger partial charge < -0.3 is 20.1 Å². The van der Waals surface area contributed by atoms with E-state index in [1.807, 2.05) is 91.0 Å². The number of carbonyl (C=O) groups is 3. The molecule has 0 aromatic heterocycles. The minimum atomic E-state index is -0.787. The molecule has 1 saturated carbocycles. The van der Waals surface area contributed by atoms with Crippen LogP contribution in [0.1, 0.15) is 29.2 Å². The van der Waals surface area contributed by atoms with Gasteiger partial charge in [-0.2, -0.15) is 0 Å². The fourth-order valence-corrected chi connectivity index (χ4v) is 4.34. The second-order valence-corrected chi connectivity index (χ2v) is 8.87. The molecule has 1 aliphatic carbocycles. The third-order valence-electron chi connectivity index (χ3n) is 6.33. The zero-order chi connectivity index (χ0) is 25.3. The second kappa shape index (κ2) is 12.0. The largest absolute Gasteiger partial charge is 0.467 e. The van der Waals surface area contributed by atoms with Crippen molar-refractivity contribution in [1.29, 1.82) is 0 Å². The summed E-state index contributed by atoms with van der Waals surface area (Å²) < 4.78 is 10.3. The van der Waals surface area contributed by atoms with Crippen molar-refractivity contribution in [2.75, 3.05) is 7.11 Å². The fourth-order valence-electron chi connectivity index (χ4n) is 4.34. The Balaban J connectivity index is 1.40. The molecule has 0 heterocycles. The molecule has 2 N–H and O–H groups in total. The number of benzene rings is 3. The number of methoxy groups -OCH3 is 1. The number of ether oxygens (including phenoxy) is 2. The Hall–Kier alpha value is -4.13. The Kier molecular flexibility index (Phi) is 8.34. The number of hydrogen-bond donors (Lipinski definition) is 2. The fraction of sp³-hybridized carbons (Fsp3) is 0.276. The Bertz CT molecular complexity index is 1150. The van der Waals surface area contributed by atoms with E-state index in [4.69, 9.17) is 9.47 Å². The molecule has 0 spiro atoms. The molecule has 36 heavy (non-hydrogen) atoms. The van der Waals surface area contributed by atoms with Gasteiger partial charge in [-0.1, -0.05) is 91.0 Å². The number of esters is 1. The highest BCUT2D eigenvalue weighted by Crippen LogP contribution is 2.47. The van der Waals surface area contributed by atoms with Crippen LogP contribution in [0.5, 0.6) is 0 Å². The smallest absolute Gasteiger partial charge is 0.407 e. The molecule has 4 rings (SSSR count). The average Bonchev–Trinajstić information content (AvgIpc) is 3.72. The average molecular weight is 487 g/mol. The van der Waals surface area contributed by atoms with Crippen molar-refractivity contribution < 1.29 is 23.9 Å². The van der Waals surface area contributed by atoms with E-state index in [0.717, 1.165) is 16.7 Å². The number of hydrogen-bond acceptors (Lipinski definition) is 5. The highest BCUT2D eigenvalue weighted by molar-refractivity contribution is 5.87. The van der Waals surface area contributed by atoms with Gasteiger partial charge in [0.1, 0.15) is 12.6 Å². The lowest BCUT2D eigenvalue weighted by atomic mass is 10.0. The number of amides is 2. The van der Waals surface area contributed by atoms with E-state index < -0.39 is 24.1 Å². The van der Waals surface area contributed by atoms with Gasteiger partial charge in [0.25, 0.3) is 0 Å². The van der Waals surface area contributed by atoms with E-state index in [0.29, 0.717) is 12.8 Å². The maximum atomic E-state index is 13.1. The zero-order valence-electron chi connectivity index (χ0n) is 20.1. The second-order valence-electron chi connectivity index (χ2n) is 8.87. The first kappa shape index (κ1) is 25.0. The molecule has 0 bridgehead atoms. The molecular weight excluding hydrogens is 456 g/mol. The van der Waals surface area contributed by atoms with Crippen LogP contribution in [0.2, 0.25) is 0 Å². The lowest BCUT2D eigenvalue weighted by Gasteiger charge is -2.20. The third kappa shape index (κ3) is 6.72.